The van der Waals surface area contributed by atoms with Crippen molar-refractivity contribution in [3.8, 4) is 17.3 Å². The third-order valence-corrected chi connectivity index (χ3v) is 7.57. The summed E-state index contributed by atoms with van der Waals surface area (Å²) in [5.74, 6) is 0.778. The summed E-state index contributed by atoms with van der Waals surface area (Å²) >= 11 is 6.52. The lowest BCUT2D eigenvalue weighted by atomic mass is 9.97. The van der Waals surface area contributed by atoms with Gasteiger partial charge >= 0.3 is 6.36 Å². The van der Waals surface area contributed by atoms with Gasteiger partial charge < -0.3 is 19.0 Å². The lowest BCUT2D eigenvalue weighted by Crippen LogP contribution is -2.58. The van der Waals surface area contributed by atoms with Crippen LogP contribution in [0, 0.1) is 6.92 Å². The topological polar surface area (TPSA) is 101 Å². The molecular weight excluding hydrogens is 551 g/mol. The summed E-state index contributed by atoms with van der Waals surface area (Å²) in [5, 5.41) is 8.07. The number of hydrogen-bond acceptors (Lipinski definition) is 9. The van der Waals surface area contributed by atoms with Gasteiger partial charge in [0.15, 0.2) is 11.0 Å². The molecule has 0 spiro atoms. The van der Waals surface area contributed by atoms with Gasteiger partial charge in [-0.2, -0.15) is 0 Å². The molecule has 0 radical (unpaired) electrons. The van der Waals surface area contributed by atoms with Gasteiger partial charge in [0.05, 0.1) is 6.20 Å². The van der Waals surface area contributed by atoms with Gasteiger partial charge in [-0.25, -0.2) is 9.97 Å². The van der Waals surface area contributed by atoms with E-state index in [1.165, 1.54) is 12.1 Å². The minimum absolute atomic E-state index is 0.193. The number of nitrogens with zero attached hydrogens (tertiary/aromatic N) is 7. The molecule has 5 rings (SSSR count). The monoisotopic (exact) mass is 579 g/mol. The zero-order chi connectivity index (χ0) is 28.4. The number of hydrogen-bond donors (Lipinski definition) is 0. The number of aromatic nitrogens is 4. The zero-order valence-corrected chi connectivity index (χ0v) is 22.8. The highest BCUT2D eigenvalue weighted by Gasteiger charge is 2.35. The smallest absolute Gasteiger partial charge is 0.420 e. The largest absolute Gasteiger partial charge is 0.573 e. The molecule has 2 aliphatic heterocycles. The maximum absolute atomic E-state index is 13.0. The summed E-state index contributed by atoms with van der Waals surface area (Å²) < 4.78 is 46.5. The summed E-state index contributed by atoms with van der Waals surface area (Å²) in [4.78, 5) is 28.3. The molecule has 1 aromatic carbocycles. The molecule has 0 saturated carbocycles. The first kappa shape index (κ1) is 28.1. The molecule has 214 valence electrons. The lowest BCUT2D eigenvalue weighted by Gasteiger charge is -2.47. The maximum Gasteiger partial charge on any atom is 0.573 e. The zero-order valence-electron chi connectivity index (χ0n) is 22.1. The fraction of sp³-hybridized carbons (Fsp3) is 0.500. The van der Waals surface area contributed by atoms with Gasteiger partial charge in [0.25, 0.3) is 11.8 Å². The Hall–Kier alpha value is -3.45. The number of rotatable bonds is 6. The number of piperidine rings is 1. The third-order valence-electron chi connectivity index (χ3n) is 7.31. The number of anilines is 1. The Morgan fingerprint density at radius 3 is 2.45 bits per heavy atom. The molecule has 14 heteroatoms. The highest BCUT2D eigenvalue weighted by molar-refractivity contribution is 6.31. The Morgan fingerprint density at radius 1 is 1.12 bits per heavy atom. The van der Waals surface area contributed by atoms with Crippen molar-refractivity contribution in [1.29, 1.82) is 0 Å². The van der Waals surface area contributed by atoms with E-state index in [9.17, 15) is 18.0 Å². The quantitative estimate of drug-likeness (QED) is 0.415. The number of amides is 1. The van der Waals surface area contributed by atoms with Crippen LogP contribution in [0.1, 0.15) is 42.4 Å². The molecule has 0 bridgehead atoms. The van der Waals surface area contributed by atoms with Crippen LogP contribution in [0.4, 0.5) is 19.0 Å². The van der Waals surface area contributed by atoms with E-state index < -0.39 is 6.36 Å². The van der Waals surface area contributed by atoms with E-state index in [0.29, 0.717) is 42.1 Å². The minimum atomic E-state index is -4.77. The van der Waals surface area contributed by atoms with Crippen molar-refractivity contribution in [3.63, 3.8) is 0 Å². The number of benzene rings is 1. The lowest BCUT2D eigenvalue weighted by molar-refractivity contribution is -0.274. The van der Waals surface area contributed by atoms with Crippen LogP contribution in [0.15, 0.2) is 34.9 Å². The predicted octanol–water partition coefficient (Wildman–Crippen LogP) is 4.59. The predicted molar refractivity (Wildman–Crippen MR) is 140 cm³/mol. The standard InChI is InChI=1S/C26H29ClF3N7O3/c1-3-18-15-36(23-22(27)32-21(14-31-23)24-34-33-16(2)39-24)12-13-37(18)19-8-10-35(11-9-19)25(38)17-4-6-20(7-5-17)40-26(28,29)30/h4-7,14,18-19H,3,8-13,15H2,1-2H3/t18-/m0/s1. The van der Waals surface area contributed by atoms with Crippen molar-refractivity contribution in [1.82, 2.24) is 30.0 Å². The molecule has 1 atom stereocenters. The van der Waals surface area contributed by atoms with Crippen molar-refractivity contribution in [2.75, 3.05) is 37.6 Å². The Labute approximate surface area is 234 Å². The van der Waals surface area contributed by atoms with Crippen LogP contribution in [-0.2, 0) is 0 Å². The Morgan fingerprint density at radius 2 is 1.85 bits per heavy atom. The van der Waals surface area contributed by atoms with Crippen molar-refractivity contribution >= 4 is 23.3 Å². The number of ether oxygens (including phenoxy) is 1. The van der Waals surface area contributed by atoms with Crippen LogP contribution in [-0.4, -0.2) is 87.0 Å². The minimum Gasteiger partial charge on any atom is -0.420 e. The second-order valence-corrected chi connectivity index (χ2v) is 10.2. The molecule has 0 unspecified atom stereocenters. The molecule has 40 heavy (non-hydrogen) atoms. The van der Waals surface area contributed by atoms with E-state index in [0.717, 1.165) is 51.0 Å². The average Bonchev–Trinajstić information content (AvgIpc) is 3.38. The molecule has 2 saturated heterocycles. The van der Waals surface area contributed by atoms with E-state index in [4.69, 9.17) is 16.0 Å². The number of likely N-dealkylation sites (tertiary alicyclic amines) is 1. The summed E-state index contributed by atoms with van der Waals surface area (Å²) in [7, 11) is 0. The molecule has 4 heterocycles. The molecule has 10 nitrogen and oxygen atoms in total. The maximum atomic E-state index is 13.0. The number of carbonyl (C=O) groups excluding carboxylic acids is 1. The van der Waals surface area contributed by atoms with Gasteiger partial charge in [0, 0.05) is 57.3 Å². The number of aryl methyl sites for hydroxylation is 1. The number of halogens is 4. The van der Waals surface area contributed by atoms with Crippen LogP contribution in [0.3, 0.4) is 0 Å². The summed E-state index contributed by atoms with van der Waals surface area (Å²) in [6.45, 7) is 7.31. The van der Waals surface area contributed by atoms with E-state index >= 15 is 0 Å². The van der Waals surface area contributed by atoms with Gasteiger partial charge in [-0.05, 0) is 43.5 Å². The van der Waals surface area contributed by atoms with Crippen LogP contribution in [0.5, 0.6) is 5.75 Å². The van der Waals surface area contributed by atoms with Crippen molar-refractivity contribution in [3.05, 3.63) is 47.1 Å². The van der Waals surface area contributed by atoms with Gasteiger partial charge in [-0.1, -0.05) is 18.5 Å². The number of piperazine rings is 1. The summed E-state index contributed by atoms with van der Waals surface area (Å²) in [6, 6.07) is 5.66. The van der Waals surface area contributed by atoms with E-state index in [1.807, 2.05) is 0 Å². The summed E-state index contributed by atoms with van der Waals surface area (Å²) in [6.07, 6.45) is -0.612. The molecule has 0 aliphatic carbocycles. The number of alkyl halides is 3. The van der Waals surface area contributed by atoms with Gasteiger partial charge in [0.2, 0.25) is 5.89 Å². The Balaban J connectivity index is 1.17. The van der Waals surface area contributed by atoms with Crippen LogP contribution < -0.4 is 9.64 Å². The van der Waals surface area contributed by atoms with Crippen LogP contribution in [0.25, 0.3) is 11.6 Å². The fourth-order valence-electron chi connectivity index (χ4n) is 5.36. The van der Waals surface area contributed by atoms with E-state index in [2.05, 4.69) is 41.6 Å². The van der Waals surface area contributed by atoms with Gasteiger partial charge in [-0.15, -0.1) is 23.4 Å². The number of carbonyl (C=O) groups is 1. The van der Waals surface area contributed by atoms with E-state index in [1.54, 1.807) is 18.0 Å². The summed E-state index contributed by atoms with van der Waals surface area (Å²) in [5.41, 5.74) is 0.762. The molecule has 3 aromatic rings. The second kappa shape index (κ2) is 11.6. The molecular formula is C26H29ClF3N7O3. The van der Waals surface area contributed by atoms with Crippen LogP contribution >= 0.6 is 11.6 Å². The average molecular weight is 580 g/mol. The third kappa shape index (κ3) is 6.30. The Kier molecular flexibility index (Phi) is 8.13. The highest BCUT2D eigenvalue weighted by atomic mass is 35.5. The highest BCUT2D eigenvalue weighted by Crippen LogP contribution is 2.30. The molecule has 2 aromatic heterocycles. The first-order valence-corrected chi connectivity index (χ1v) is 13.5. The normalized spacial score (nSPS) is 19.2. The second-order valence-electron chi connectivity index (χ2n) is 9.84. The van der Waals surface area contributed by atoms with Gasteiger partial charge in [-0.3, -0.25) is 9.69 Å². The SMILES string of the molecule is CC[C@H]1CN(c2ncc(-c3nnc(C)o3)nc2Cl)CCN1C1CCN(C(=O)c2ccc(OC(F)(F)F)cc2)CC1. The molecule has 2 fully saturated rings. The van der Waals surface area contributed by atoms with Crippen molar-refractivity contribution in [2.24, 2.45) is 0 Å². The van der Waals surface area contributed by atoms with E-state index in [-0.39, 0.29) is 28.7 Å². The van der Waals surface area contributed by atoms with Crippen LogP contribution in [0.2, 0.25) is 5.15 Å². The van der Waals surface area contributed by atoms with Gasteiger partial charge in [0.1, 0.15) is 11.4 Å². The first-order chi connectivity index (χ1) is 19.1. The van der Waals surface area contributed by atoms with Crippen molar-refractivity contribution in [2.45, 2.75) is 51.6 Å². The first-order valence-electron chi connectivity index (χ1n) is 13.1. The molecule has 0 N–H and O–H groups in total. The van der Waals surface area contributed by atoms with Crippen molar-refractivity contribution < 1.29 is 27.1 Å². The Bertz CT molecular complexity index is 1330. The molecule has 1 amide bonds. The fourth-order valence-corrected chi connectivity index (χ4v) is 5.62. The molecule has 2 aliphatic rings.